The molecule has 1 aliphatic rings. The van der Waals surface area contributed by atoms with Gasteiger partial charge in [0.15, 0.2) is 0 Å². The molecule has 1 aliphatic heterocycles. The van der Waals surface area contributed by atoms with Gasteiger partial charge in [-0.15, -0.1) is 0 Å². The number of carbonyl (C=O) groups excluding carboxylic acids is 2. The number of hydrogen-bond acceptors (Lipinski definition) is 6. The van der Waals surface area contributed by atoms with Crippen molar-refractivity contribution < 1.29 is 9.59 Å². The SMILES string of the molecule is Cc1ccc(C(=O)NCC(=O)NCCCN2CCN(c3ncccn3)CC2)cc1. The van der Waals surface area contributed by atoms with E-state index < -0.39 is 0 Å². The summed E-state index contributed by atoms with van der Waals surface area (Å²) in [6.07, 6.45) is 4.40. The van der Waals surface area contributed by atoms with Crippen LogP contribution in [0.4, 0.5) is 5.95 Å². The van der Waals surface area contributed by atoms with Crippen LogP contribution in [0.3, 0.4) is 0 Å². The van der Waals surface area contributed by atoms with E-state index in [1.165, 1.54) is 0 Å². The highest BCUT2D eigenvalue weighted by Crippen LogP contribution is 2.09. The smallest absolute Gasteiger partial charge is 0.251 e. The van der Waals surface area contributed by atoms with Gasteiger partial charge < -0.3 is 15.5 Å². The monoisotopic (exact) mass is 396 g/mol. The molecule has 1 saturated heterocycles. The number of piperazine rings is 1. The molecule has 0 aliphatic carbocycles. The number of aromatic nitrogens is 2. The van der Waals surface area contributed by atoms with Gasteiger partial charge in [0.25, 0.3) is 5.91 Å². The minimum atomic E-state index is -0.236. The summed E-state index contributed by atoms with van der Waals surface area (Å²) in [7, 11) is 0. The van der Waals surface area contributed by atoms with Gasteiger partial charge >= 0.3 is 0 Å². The maximum absolute atomic E-state index is 12.0. The molecule has 1 aromatic heterocycles. The van der Waals surface area contributed by atoms with Gasteiger partial charge in [-0.2, -0.15) is 0 Å². The summed E-state index contributed by atoms with van der Waals surface area (Å²) in [4.78, 5) is 37.1. The number of carbonyl (C=O) groups is 2. The zero-order valence-corrected chi connectivity index (χ0v) is 16.8. The van der Waals surface area contributed by atoms with E-state index in [1.54, 1.807) is 24.5 Å². The molecule has 3 rings (SSSR count). The Hall–Kier alpha value is -3.00. The maximum atomic E-state index is 12.0. The molecule has 0 saturated carbocycles. The number of aryl methyl sites for hydroxylation is 1. The lowest BCUT2D eigenvalue weighted by Gasteiger charge is -2.34. The molecule has 0 unspecified atom stereocenters. The molecule has 0 radical (unpaired) electrons. The van der Waals surface area contributed by atoms with Crippen molar-refractivity contribution in [1.29, 1.82) is 0 Å². The van der Waals surface area contributed by atoms with Crippen LogP contribution in [0.5, 0.6) is 0 Å². The molecule has 2 amide bonds. The van der Waals surface area contributed by atoms with Crippen molar-refractivity contribution in [1.82, 2.24) is 25.5 Å². The highest BCUT2D eigenvalue weighted by Gasteiger charge is 2.18. The van der Waals surface area contributed by atoms with Gasteiger partial charge in [0.05, 0.1) is 6.54 Å². The van der Waals surface area contributed by atoms with Gasteiger partial charge in [-0.05, 0) is 38.1 Å². The first-order valence-corrected chi connectivity index (χ1v) is 9.98. The number of hydrogen-bond donors (Lipinski definition) is 2. The average molecular weight is 396 g/mol. The van der Waals surface area contributed by atoms with Crippen LogP contribution in [0.2, 0.25) is 0 Å². The van der Waals surface area contributed by atoms with E-state index in [4.69, 9.17) is 0 Å². The second-order valence-corrected chi connectivity index (χ2v) is 7.13. The van der Waals surface area contributed by atoms with Crippen molar-refractivity contribution in [2.75, 3.05) is 50.7 Å². The number of nitrogens with zero attached hydrogens (tertiary/aromatic N) is 4. The summed E-state index contributed by atoms with van der Waals surface area (Å²) in [6, 6.07) is 9.09. The Balaban J connectivity index is 1.26. The number of nitrogens with one attached hydrogen (secondary N) is 2. The number of anilines is 1. The van der Waals surface area contributed by atoms with Gasteiger partial charge in [0.2, 0.25) is 11.9 Å². The fourth-order valence-corrected chi connectivity index (χ4v) is 3.19. The third-order valence-corrected chi connectivity index (χ3v) is 4.90. The van der Waals surface area contributed by atoms with E-state index in [1.807, 2.05) is 25.1 Å². The molecule has 154 valence electrons. The molecule has 8 heteroatoms. The molecule has 1 fully saturated rings. The molecule has 0 bridgehead atoms. The lowest BCUT2D eigenvalue weighted by Crippen LogP contribution is -2.47. The van der Waals surface area contributed by atoms with E-state index in [0.717, 1.165) is 50.7 Å². The second-order valence-electron chi connectivity index (χ2n) is 7.13. The Labute approximate surface area is 171 Å². The van der Waals surface area contributed by atoms with Crippen LogP contribution >= 0.6 is 0 Å². The Kier molecular flexibility index (Phi) is 7.52. The van der Waals surface area contributed by atoms with Crippen LogP contribution in [-0.2, 0) is 4.79 Å². The minimum Gasteiger partial charge on any atom is -0.355 e. The first-order chi connectivity index (χ1) is 14.1. The molecule has 2 N–H and O–H groups in total. The van der Waals surface area contributed by atoms with E-state index >= 15 is 0 Å². The third kappa shape index (κ3) is 6.53. The third-order valence-electron chi connectivity index (χ3n) is 4.90. The fraction of sp³-hybridized carbons (Fsp3) is 0.429. The Morgan fingerprint density at radius 1 is 1.00 bits per heavy atom. The van der Waals surface area contributed by atoms with Gasteiger partial charge in [-0.3, -0.25) is 14.5 Å². The van der Waals surface area contributed by atoms with Crippen LogP contribution in [0.15, 0.2) is 42.7 Å². The van der Waals surface area contributed by atoms with Gasteiger partial charge in [-0.25, -0.2) is 9.97 Å². The summed E-state index contributed by atoms with van der Waals surface area (Å²) in [6.45, 7) is 7.20. The van der Waals surface area contributed by atoms with Crippen LogP contribution in [0, 0.1) is 6.92 Å². The van der Waals surface area contributed by atoms with Gasteiger partial charge in [0, 0.05) is 50.7 Å². The first kappa shape index (κ1) is 20.7. The zero-order chi connectivity index (χ0) is 20.5. The lowest BCUT2D eigenvalue weighted by atomic mass is 10.1. The number of benzene rings is 1. The van der Waals surface area contributed by atoms with Crippen molar-refractivity contribution in [3.8, 4) is 0 Å². The summed E-state index contributed by atoms with van der Waals surface area (Å²) < 4.78 is 0. The summed E-state index contributed by atoms with van der Waals surface area (Å²) in [5, 5.41) is 5.51. The fourth-order valence-electron chi connectivity index (χ4n) is 3.19. The normalized spacial score (nSPS) is 14.4. The maximum Gasteiger partial charge on any atom is 0.251 e. The molecule has 29 heavy (non-hydrogen) atoms. The summed E-state index contributed by atoms with van der Waals surface area (Å²) in [5.41, 5.74) is 1.65. The molecule has 2 heterocycles. The Bertz CT molecular complexity index is 789. The van der Waals surface area contributed by atoms with Crippen LogP contribution in [-0.4, -0.2) is 72.5 Å². The topological polar surface area (TPSA) is 90.5 Å². The predicted octanol–water partition coefficient (Wildman–Crippen LogP) is 0.843. The molecular weight excluding hydrogens is 368 g/mol. The first-order valence-electron chi connectivity index (χ1n) is 9.98. The zero-order valence-electron chi connectivity index (χ0n) is 16.8. The Morgan fingerprint density at radius 2 is 1.69 bits per heavy atom. The predicted molar refractivity (Wildman–Crippen MR) is 112 cm³/mol. The largest absolute Gasteiger partial charge is 0.355 e. The molecule has 0 atom stereocenters. The van der Waals surface area contributed by atoms with Crippen molar-refractivity contribution in [3.05, 3.63) is 53.9 Å². The molecular formula is C21H28N6O2. The summed E-state index contributed by atoms with van der Waals surface area (Å²) in [5.74, 6) is 0.379. The second kappa shape index (κ2) is 10.5. The lowest BCUT2D eigenvalue weighted by molar-refractivity contribution is -0.120. The van der Waals surface area contributed by atoms with Crippen LogP contribution in [0.1, 0.15) is 22.3 Å². The van der Waals surface area contributed by atoms with E-state index in [2.05, 4.69) is 30.4 Å². The average Bonchev–Trinajstić information content (AvgIpc) is 2.76. The van der Waals surface area contributed by atoms with Crippen molar-refractivity contribution in [2.24, 2.45) is 0 Å². The standard InChI is InChI=1S/C21H28N6O2/c1-17-4-6-18(7-5-17)20(29)25-16-19(28)22-10-3-11-26-12-14-27(15-13-26)21-23-8-2-9-24-21/h2,4-9H,3,10-16H2,1H3,(H,22,28)(H,25,29). The van der Waals surface area contributed by atoms with Crippen LogP contribution < -0.4 is 15.5 Å². The van der Waals surface area contributed by atoms with Gasteiger partial charge in [0.1, 0.15) is 0 Å². The molecule has 2 aromatic rings. The molecule has 0 spiro atoms. The van der Waals surface area contributed by atoms with E-state index in [-0.39, 0.29) is 18.4 Å². The van der Waals surface area contributed by atoms with Crippen molar-refractivity contribution >= 4 is 17.8 Å². The summed E-state index contributed by atoms with van der Waals surface area (Å²) >= 11 is 0. The Morgan fingerprint density at radius 3 is 2.38 bits per heavy atom. The van der Waals surface area contributed by atoms with Crippen molar-refractivity contribution in [2.45, 2.75) is 13.3 Å². The highest BCUT2D eigenvalue weighted by atomic mass is 16.2. The van der Waals surface area contributed by atoms with E-state index in [0.29, 0.717) is 12.1 Å². The quantitative estimate of drug-likeness (QED) is 0.643. The minimum absolute atomic E-state index is 0.0114. The number of rotatable bonds is 8. The highest BCUT2D eigenvalue weighted by molar-refractivity contribution is 5.96. The number of amides is 2. The molecule has 8 nitrogen and oxygen atoms in total. The molecule has 1 aromatic carbocycles. The van der Waals surface area contributed by atoms with Gasteiger partial charge in [-0.1, -0.05) is 17.7 Å². The van der Waals surface area contributed by atoms with Crippen LogP contribution in [0.25, 0.3) is 0 Å². The van der Waals surface area contributed by atoms with Crippen molar-refractivity contribution in [3.63, 3.8) is 0 Å². The van der Waals surface area contributed by atoms with E-state index in [9.17, 15) is 9.59 Å².